The van der Waals surface area contributed by atoms with E-state index in [4.69, 9.17) is 14.2 Å². The second-order valence-corrected chi connectivity index (χ2v) is 12.8. The molecule has 2 fully saturated rings. The second-order valence-electron chi connectivity index (χ2n) is 12.8. The van der Waals surface area contributed by atoms with Gasteiger partial charge in [-0.2, -0.15) is 0 Å². The minimum atomic E-state index is -1.08. The van der Waals surface area contributed by atoms with Gasteiger partial charge in [0.15, 0.2) is 6.29 Å². The van der Waals surface area contributed by atoms with Crippen LogP contribution < -0.4 is 10.2 Å². The Morgan fingerprint density at radius 1 is 0.941 bits per heavy atom. The fourth-order valence-corrected chi connectivity index (χ4v) is 6.32. The molecule has 266 valence electrons. The molecule has 12 heteroatoms. The van der Waals surface area contributed by atoms with Crippen molar-refractivity contribution in [2.75, 3.05) is 25.0 Å². The number of aromatic hydroxyl groups is 1. The molecule has 4 aromatic carbocycles. The smallest absolute Gasteiger partial charge is 0.408 e. The molecule has 0 aliphatic carbocycles. The number of phenols is 1. The zero-order valence-electron chi connectivity index (χ0n) is 28.1. The van der Waals surface area contributed by atoms with E-state index in [0.717, 1.165) is 21.6 Å². The molecule has 2 saturated heterocycles. The predicted octanol–water partition coefficient (Wildman–Crippen LogP) is 4.65. The van der Waals surface area contributed by atoms with E-state index < -0.39 is 36.3 Å². The van der Waals surface area contributed by atoms with Crippen molar-refractivity contribution in [3.05, 3.63) is 131 Å². The van der Waals surface area contributed by atoms with Crippen molar-refractivity contribution < 1.29 is 43.9 Å². The Hall–Kier alpha value is -5.11. The van der Waals surface area contributed by atoms with Crippen molar-refractivity contribution in [1.82, 2.24) is 10.2 Å². The molecule has 0 spiro atoms. The summed E-state index contributed by atoms with van der Waals surface area (Å²) >= 11 is 0. The fourth-order valence-electron chi connectivity index (χ4n) is 6.32. The van der Waals surface area contributed by atoms with Crippen LogP contribution in [0.3, 0.4) is 0 Å². The molecule has 0 radical (unpaired) electrons. The zero-order valence-corrected chi connectivity index (χ0v) is 28.1. The molecule has 4 aromatic rings. The average molecular weight is 696 g/mol. The summed E-state index contributed by atoms with van der Waals surface area (Å²) < 4.78 is 18.2. The maximum atomic E-state index is 13.4. The molecule has 5 atom stereocenters. The van der Waals surface area contributed by atoms with Crippen molar-refractivity contribution in [3.63, 3.8) is 0 Å². The molecule has 0 bridgehead atoms. The number of hydrogen-bond donors (Lipinski definition) is 4. The number of ether oxygens (including phenoxy) is 3. The first kappa shape index (κ1) is 35.7. The molecular weight excluding hydrogens is 654 g/mol. The number of nitrogens with one attached hydrogen (secondary N) is 1. The van der Waals surface area contributed by atoms with Crippen molar-refractivity contribution in [2.24, 2.45) is 0 Å². The Kier molecular flexibility index (Phi) is 11.4. The Labute approximate surface area is 295 Å². The van der Waals surface area contributed by atoms with Gasteiger partial charge in [-0.1, -0.05) is 78.9 Å². The van der Waals surface area contributed by atoms with Gasteiger partial charge in [0.25, 0.3) is 5.91 Å². The molecular formula is C39H41N3O9. The number of alkyl carbamates (subject to hydrolysis) is 1. The number of nitrogens with zero attached hydrogens (tertiary/aromatic N) is 2. The molecule has 2 aliphatic rings. The van der Waals surface area contributed by atoms with E-state index in [2.05, 4.69) is 5.32 Å². The lowest BCUT2D eigenvalue weighted by Gasteiger charge is -2.38. The van der Waals surface area contributed by atoms with Crippen LogP contribution in [-0.2, 0) is 37.0 Å². The number of rotatable bonds is 12. The molecule has 2 aliphatic heterocycles. The summed E-state index contributed by atoms with van der Waals surface area (Å²) in [5.41, 5.74) is 3.94. The Morgan fingerprint density at radius 2 is 1.71 bits per heavy atom. The summed E-state index contributed by atoms with van der Waals surface area (Å²) in [5.74, 6) is -0.971. The summed E-state index contributed by atoms with van der Waals surface area (Å²) in [5, 5.41) is 32.8. The van der Waals surface area contributed by atoms with Crippen LogP contribution >= 0.6 is 0 Å². The number of phenolic OH excluding ortho intramolecular Hbond substituents is 1. The van der Waals surface area contributed by atoms with Crippen LogP contribution in [0.5, 0.6) is 5.75 Å². The highest BCUT2D eigenvalue weighted by atomic mass is 16.7. The Morgan fingerprint density at radius 3 is 2.45 bits per heavy atom. The number of aliphatic hydroxyl groups excluding tert-OH is 2. The normalized spacial score (nSPS) is 21.1. The summed E-state index contributed by atoms with van der Waals surface area (Å²) in [7, 11) is 1.87. The highest BCUT2D eigenvalue weighted by Gasteiger charge is 2.41. The zero-order chi connectivity index (χ0) is 35.9. The Balaban J connectivity index is 1.16. The van der Waals surface area contributed by atoms with Crippen LogP contribution in [0.1, 0.15) is 59.2 Å². The van der Waals surface area contributed by atoms with Crippen LogP contribution in [0.2, 0.25) is 0 Å². The van der Waals surface area contributed by atoms with E-state index in [1.54, 1.807) is 42.5 Å². The first-order chi connectivity index (χ1) is 24.7. The maximum absolute atomic E-state index is 13.4. The van der Waals surface area contributed by atoms with Crippen LogP contribution in [0, 0.1) is 0 Å². The number of aliphatic hydroxyl groups is 2. The SMILES string of the molecule is CN(C[C@H]1C[C@@H](c2ccc(CO)cc2)O[C@@H](c2cccc(N3C(=O)CC(NC(=O)OCc4ccccc4)C3=O)c2)O1)C[C@@H](O)c1cccc(O)c1. The molecule has 4 N–H and O–H groups in total. The third kappa shape index (κ3) is 8.98. The van der Waals surface area contributed by atoms with E-state index in [-0.39, 0.29) is 44.1 Å². The van der Waals surface area contributed by atoms with Crippen molar-refractivity contribution in [2.45, 2.75) is 56.7 Å². The molecule has 0 aromatic heterocycles. The first-order valence-electron chi connectivity index (χ1n) is 16.8. The van der Waals surface area contributed by atoms with E-state index in [1.165, 1.54) is 6.07 Å². The summed E-state index contributed by atoms with van der Waals surface area (Å²) in [6.07, 6.45) is -2.96. The summed E-state index contributed by atoms with van der Waals surface area (Å²) in [4.78, 5) is 42.0. The highest BCUT2D eigenvalue weighted by Crippen LogP contribution is 2.39. The second kappa shape index (κ2) is 16.3. The number of anilines is 1. The fraction of sp³-hybridized carbons (Fsp3) is 0.308. The summed E-state index contributed by atoms with van der Waals surface area (Å²) in [6.45, 7) is 0.667. The van der Waals surface area contributed by atoms with E-state index in [1.807, 2.05) is 66.5 Å². The van der Waals surface area contributed by atoms with Crippen LogP contribution in [0.25, 0.3) is 0 Å². The van der Waals surface area contributed by atoms with Crippen LogP contribution in [0.15, 0.2) is 103 Å². The molecule has 2 heterocycles. The molecule has 1 unspecified atom stereocenters. The number of imide groups is 1. The van der Waals surface area contributed by atoms with E-state index in [0.29, 0.717) is 29.8 Å². The average Bonchev–Trinajstić information content (AvgIpc) is 3.42. The van der Waals surface area contributed by atoms with Gasteiger partial charge in [0.2, 0.25) is 5.91 Å². The molecule has 51 heavy (non-hydrogen) atoms. The van der Waals surface area contributed by atoms with E-state index >= 15 is 0 Å². The largest absolute Gasteiger partial charge is 0.508 e. The maximum Gasteiger partial charge on any atom is 0.408 e. The third-order valence-corrected chi connectivity index (χ3v) is 8.92. The van der Waals surface area contributed by atoms with Crippen molar-refractivity contribution in [1.29, 1.82) is 0 Å². The number of carbonyl (C=O) groups excluding carboxylic acids is 3. The van der Waals surface area contributed by atoms with Gasteiger partial charge in [-0.25, -0.2) is 9.69 Å². The van der Waals surface area contributed by atoms with Gasteiger partial charge in [0, 0.05) is 25.1 Å². The molecule has 0 saturated carbocycles. The molecule has 6 rings (SSSR count). The lowest BCUT2D eigenvalue weighted by molar-refractivity contribution is -0.252. The predicted molar refractivity (Wildman–Crippen MR) is 186 cm³/mol. The quantitative estimate of drug-likeness (QED) is 0.154. The van der Waals surface area contributed by atoms with Crippen LogP contribution in [0.4, 0.5) is 10.5 Å². The monoisotopic (exact) mass is 695 g/mol. The van der Waals surface area contributed by atoms with Crippen molar-refractivity contribution in [3.8, 4) is 5.75 Å². The Bertz CT molecular complexity index is 1820. The minimum Gasteiger partial charge on any atom is -0.508 e. The van der Waals surface area contributed by atoms with Gasteiger partial charge in [-0.05, 0) is 53.6 Å². The standard InChI is InChI=1S/C39H41N3O9/c1-41(22-34(45)28-9-6-12-31(44)18-28)21-32-19-35(27-15-13-25(23-43)14-16-27)51-38(50-32)29-10-5-11-30(17-29)42-36(46)20-33(37(42)47)40-39(48)49-24-26-7-3-2-4-8-26/h2-18,32-35,38,43-45H,19-24H2,1H3,(H,40,48)/t32-,33?,34-,35+,38+/m1/s1. The highest BCUT2D eigenvalue weighted by molar-refractivity contribution is 6.22. The van der Waals surface area contributed by atoms with Crippen LogP contribution in [-0.4, -0.2) is 70.4 Å². The minimum absolute atomic E-state index is 0.0240. The lowest BCUT2D eigenvalue weighted by Crippen LogP contribution is -2.42. The van der Waals surface area contributed by atoms with Gasteiger partial charge < -0.3 is 39.7 Å². The number of hydrogen-bond acceptors (Lipinski definition) is 10. The topological polar surface area (TPSA) is 158 Å². The van der Waals surface area contributed by atoms with Gasteiger partial charge in [-0.15, -0.1) is 0 Å². The third-order valence-electron chi connectivity index (χ3n) is 8.92. The summed E-state index contributed by atoms with van der Waals surface area (Å²) in [6, 6.07) is 28.8. The molecule has 3 amide bonds. The van der Waals surface area contributed by atoms with Gasteiger partial charge in [0.05, 0.1) is 37.0 Å². The van der Waals surface area contributed by atoms with Gasteiger partial charge in [-0.3, -0.25) is 9.59 Å². The number of benzene rings is 4. The molecule has 12 nitrogen and oxygen atoms in total. The number of amides is 3. The first-order valence-corrected chi connectivity index (χ1v) is 16.8. The number of carbonyl (C=O) groups is 3. The van der Waals surface area contributed by atoms with Gasteiger partial charge in [0.1, 0.15) is 18.4 Å². The van der Waals surface area contributed by atoms with Gasteiger partial charge >= 0.3 is 6.09 Å². The number of likely N-dealkylation sites (N-methyl/N-ethyl adjacent to an activating group) is 1. The van der Waals surface area contributed by atoms with Crippen molar-refractivity contribution >= 4 is 23.6 Å². The van der Waals surface area contributed by atoms with E-state index in [9.17, 15) is 29.7 Å². The lowest BCUT2D eigenvalue weighted by atomic mass is 9.99.